The van der Waals surface area contributed by atoms with Crippen LogP contribution in [0.2, 0.25) is 0 Å². The van der Waals surface area contributed by atoms with E-state index in [1.165, 1.54) is 6.42 Å². The van der Waals surface area contributed by atoms with Gasteiger partial charge in [0, 0.05) is 18.8 Å². The first-order valence-corrected chi connectivity index (χ1v) is 12.4. The van der Waals surface area contributed by atoms with E-state index >= 15 is 0 Å². The molecule has 0 amide bonds. The van der Waals surface area contributed by atoms with Crippen molar-refractivity contribution >= 4 is 28.6 Å². The van der Waals surface area contributed by atoms with Crippen LogP contribution in [0.15, 0.2) is 36.4 Å². The number of rotatable bonds is 8. The second-order valence-electron chi connectivity index (χ2n) is 10.9. The molecule has 1 aliphatic rings. The highest BCUT2D eigenvalue weighted by atomic mass is 16.5. The zero-order valence-electron chi connectivity index (χ0n) is 21.6. The molecule has 7 nitrogen and oxygen atoms in total. The molecule has 0 saturated heterocycles. The molecule has 0 unspecified atom stereocenters. The minimum Gasteiger partial charge on any atom is -0.491 e. The first-order valence-electron chi connectivity index (χ1n) is 12.4. The van der Waals surface area contributed by atoms with Gasteiger partial charge in [0.1, 0.15) is 5.75 Å². The van der Waals surface area contributed by atoms with Gasteiger partial charge in [-0.05, 0) is 86.4 Å². The fourth-order valence-corrected chi connectivity index (χ4v) is 5.63. The minimum atomic E-state index is -0.976. The zero-order valence-corrected chi connectivity index (χ0v) is 21.6. The molecular weight excluding hydrogens is 442 g/mol. The number of ether oxygens (including phenoxy) is 2. The van der Waals surface area contributed by atoms with Crippen molar-refractivity contribution < 1.29 is 19.4 Å². The van der Waals surface area contributed by atoms with Gasteiger partial charge in [-0.15, -0.1) is 0 Å². The Labute approximate surface area is 207 Å². The number of aromatic nitrogens is 2. The van der Waals surface area contributed by atoms with Gasteiger partial charge in [-0.3, -0.25) is 0 Å². The Morgan fingerprint density at radius 1 is 1.23 bits per heavy atom. The van der Waals surface area contributed by atoms with Crippen molar-refractivity contribution in [2.45, 2.75) is 72.6 Å². The molecule has 4 rings (SSSR count). The predicted octanol–water partition coefficient (Wildman–Crippen LogP) is 6.80. The lowest BCUT2D eigenvalue weighted by Crippen LogP contribution is -2.29. The third-order valence-corrected chi connectivity index (χ3v) is 6.66. The van der Waals surface area contributed by atoms with E-state index in [4.69, 9.17) is 14.5 Å². The number of carboxylic acids is 1. The first kappa shape index (κ1) is 25.0. The van der Waals surface area contributed by atoms with Gasteiger partial charge in [0.25, 0.3) is 0 Å². The smallest absolute Gasteiger partial charge is 0.336 e. The van der Waals surface area contributed by atoms with E-state index in [9.17, 15) is 9.90 Å². The largest absolute Gasteiger partial charge is 0.491 e. The molecule has 1 fully saturated rings. The summed E-state index contributed by atoms with van der Waals surface area (Å²) < 4.78 is 13.4. The number of fused-ring (bicyclic) bond motifs is 1. The molecule has 0 aliphatic heterocycles. The van der Waals surface area contributed by atoms with Crippen LogP contribution in [0.3, 0.4) is 0 Å². The summed E-state index contributed by atoms with van der Waals surface area (Å²) in [6.45, 7) is 11.2. The lowest BCUT2D eigenvalue weighted by atomic mass is 9.70. The van der Waals surface area contributed by atoms with E-state index in [1.54, 1.807) is 13.2 Å². The molecule has 1 saturated carbocycles. The number of methoxy groups -OCH3 is 1. The summed E-state index contributed by atoms with van der Waals surface area (Å²) in [6.07, 6.45) is 3.37. The third-order valence-electron chi connectivity index (χ3n) is 6.66. The number of imidazole rings is 1. The fraction of sp³-hybridized carbons (Fsp3) is 0.500. The summed E-state index contributed by atoms with van der Waals surface area (Å²) >= 11 is 0. The molecule has 2 aromatic carbocycles. The molecule has 1 heterocycles. The van der Waals surface area contributed by atoms with E-state index in [1.807, 2.05) is 44.2 Å². The normalized spacial score (nSPS) is 19.7. The number of carbonyl (C=O) groups is 1. The molecule has 188 valence electrons. The van der Waals surface area contributed by atoms with Crippen LogP contribution in [-0.4, -0.2) is 33.8 Å². The van der Waals surface area contributed by atoms with Crippen molar-refractivity contribution in [3.8, 4) is 5.75 Å². The van der Waals surface area contributed by atoms with Crippen molar-refractivity contribution in [2.75, 3.05) is 12.4 Å². The summed E-state index contributed by atoms with van der Waals surface area (Å²) in [5.41, 5.74) is 3.58. The number of nitrogens with zero attached hydrogens (tertiary/aromatic N) is 2. The van der Waals surface area contributed by atoms with Gasteiger partial charge < -0.3 is 24.5 Å². The summed E-state index contributed by atoms with van der Waals surface area (Å²) in [5, 5.41) is 13.3. The maximum atomic E-state index is 11.9. The molecule has 0 radical (unpaired) electrons. The van der Waals surface area contributed by atoms with Gasteiger partial charge in [0.2, 0.25) is 5.95 Å². The van der Waals surface area contributed by atoms with Gasteiger partial charge in [-0.25, -0.2) is 9.78 Å². The van der Waals surface area contributed by atoms with Crippen LogP contribution < -0.4 is 10.1 Å². The highest BCUT2D eigenvalue weighted by Gasteiger charge is 2.35. The monoisotopic (exact) mass is 479 g/mol. The van der Waals surface area contributed by atoms with Crippen LogP contribution in [0.25, 0.3) is 11.0 Å². The Hall–Kier alpha value is -3.06. The average Bonchev–Trinajstić information content (AvgIpc) is 3.09. The van der Waals surface area contributed by atoms with Crippen LogP contribution in [0, 0.1) is 11.3 Å². The molecule has 1 aromatic heterocycles. The predicted molar refractivity (Wildman–Crippen MR) is 139 cm³/mol. The van der Waals surface area contributed by atoms with Gasteiger partial charge in [0.15, 0.2) is 0 Å². The third kappa shape index (κ3) is 5.61. The molecule has 35 heavy (non-hydrogen) atoms. The molecule has 0 spiro atoms. The Balaban J connectivity index is 1.81. The quantitative estimate of drug-likeness (QED) is 0.370. The zero-order chi connectivity index (χ0) is 25.3. The second kappa shape index (κ2) is 9.90. The van der Waals surface area contributed by atoms with E-state index in [2.05, 4.69) is 30.7 Å². The number of hydrogen-bond acceptors (Lipinski definition) is 5. The SMILES string of the molecule is COCc1cc2c(cc1C(=O)O)nc(Nc1ccc(OC(C)C)cc1)n2[C@@H]1C[C@H](C)CC(C)(C)C1. The maximum Gasteiger partial charge on any atom is 0.336 e. The minimum absolute atomic E-state index is 0.111. The molecule has 3 aromatic rings. The summed E-state index contributed by atoms with van der Waals surface area (Å²) in [7, 11) is 1.58. The van der Waals surface area contributed by atoms with E-state index in [0.29, 0.717) is 17.0 Å². The van der Waals surface area contributed by atoms with E-state index < -0.39 is 5.97 Å². The lowest BCUT2D eigenvalue weighted by molar-refractivity contribution is 0.0692. The van der Waals surface area contributed by atoms with Crippen LogP contribution >= 0.6 is 0 Å². The van der Waals surface area contributed by atoms with Crippen molar-refractivity contribution in [2.24, 2.45) is 11.3 Å². The molecule has 2 atom stereocenters. The number of anilines is 2. The van der Waals surface area contributed by atoms with Gasteiger partial charge in [-0.1, -0.05) is 20.8 Å². The summed E-state index contributed by atoms with van der Waals surface area (Å²) in [6, 6.07) is 11.7. The molecule has 2 N–H and O–H groups in total. The van der Waals surface area contributed by atoms with Crippen molar-refractivity contribution in [3.05, 3.63) is 47.5 Å². The van der Waals surface area contributed by atoms with Crippen molar-refractivity contribution in [1.82, 2.24) is 9.55 Å². The number of carboxylic acid groups (broad SMARTS) is 1. The number of nitrogens with one attached hydrogen (secondary N) is 1. The second-order valence-corrected chi connectivity index (χ2v) is 10.9. The molecule has 1 aliphatic carbocycles. The number of aromatic carboxylic acids is 1. The van der Waals surface area contributed by atoms with Crippen LogP contribution in [-0.2, 0) is 11.3 Å². The highest BCUT2D eigenvalue weighted by Crippen LogP contribution is 2.46. The van der Waals surface area contributed by atoms with Crippen LogP contribution in [0.5, 0.6) is 5.75 Å². The topological polar surface area (TPSA) is 85.6 Å². The van der Waals surface area contributed by atoms with Gasteiger partial charge >= 0.3 is 5.97 Å². The Kier molecular flexibility index (Phi) is 7.08. The average molecular weight is 480 g/mol. The summed E-state index contributed by atoms with van der Waals surface area (Å²) in [4.78, 5) is 16.8. The van der Waals surface area contributed by atoms with E-state index in [-0.39, 0.29) is 29.7 Å². The molecule has 0 bridgehead atoms. The van der Waals surface area contributed by atoms with Crippen LogP contribution in [0.4, 0.5) is 11.6 Å². The van der Waals surface area contributed by atoms with Crippen molar-refractivity contribution in [3.63, 3.8) is 0 Å². The highest BCUT2D eigenvalue weighted by molar-refractivity contribution is 5.95. The Bertz CT molecular complexity index is 1200. The van der Waals surface area contributed by atoms with Crippen molar-refractivity contribution in [1.29, 1.82) is 0 Å². The summed E-state index contributed by atoms with van der Waals surface area (Å²) in [5.74, 6) is 1.14. The first-order chi connectivity index (χ1) is 16.6. The Morgan fingerprint density at radius 2 is 1.94 bits per heavy atom. The fourth-order valence-electron chi connectivity index (χ4n) is 5.63. The van der Waals surface area contributed by atoms with Gasteiger partial charge in [-0.2, -0.15) is 0 Å². The number of hydrogen-bond donors (Lipinski definition) is 2. The Morgan fingerprint density at radius 3 is 2.54 bits per heavy atom. The lowest BCUT2D eigenvalue weighted by Gasteiger charge is -2.40. The maximum absolute atomic E-state index is 11.9. The molecular formula is C28H37N3O4. The standard InChI is InChI=1S/C28H37N3O4/c1-17(2)35-22-9-7-20(8-10-22)29-27-30-24-13-23(26(32)33)19(16-34-6)12-25(24)31(27)21-11-18(3)14-28(4,5)15-21/h7-10,12-13,17-18,21H,11,14-16H2,1-6H3,(H,29,30)(H,32,33)/t18-,21+/m0/s1. The molecule has 7 heteroatoms. The number of benzene rings is 2. The van der Waals surface area contributed by atoms with Crippen LogP contribution in [0.1, 0.15) is 75.8 Å². The van der Waals surface area contributed by atoms with Gasteiger partial charge in [0.05, 0.1) is 29.3 Å². The van der Waals surface area contributed by atoms with E-state index in [0.717, 1.165) is 35.7 Å².